The van der Waals surface area contributed by atoms with Gasteiger partial charge in [0.15, 0.2) is 0 Å². The van der Waals surface area contributed by atoms with Crippen LogP contribution in [-0.2, 0) is 4.79 Å². The van der Waals surface area contributed by atoms with Crippen LogP contribution in [0.15, 0.2) is 30.5 Å². The zero-order valence-electron chi connectivity index (χ0n) is 15.1. The molecule has 1 aromatic rings. The smallest absolute Gasteiger partial charge is 0.391 e. The van der Waals surface area contributed by atoms with Gasteiger partial charge in [-0.1, -0.05) is 18.7 Å². The Labute approximate surface area is 155 Å². The summed E-state index contributed by atoms with van der Waals surface area (Å²) in [5.41, 5.74) is 1.28. The van der Waals surface area contributed by atoms with E-state index in [1.807, 2.05) is 6.08 Å². The number of carboxylic acids is 1. The van der Waals surface area contributed by atoms with E-state index in [2.05, 4.69) is 16.9 Å². The molecular formula is C19H23F3N2O3. The second-order valence-electron chi connectivity index (χ2n) is 6.60. The number of hydrogen-bond acceptors (Lipinski definition) is 4. The summed E-state index contributed by atoms with van der Waals surface area (Å²) in [6.45, 7) is 3.51. The summed E-state index contributed by atoms with van der Waals surface area (Å²) in [6, 6.07) is 1.75. The molecule has 0 aromatic carbocycles. The lowest BCUT2D eigenvalue weighted by Gasteiger charge is -2.28. The third kappa shape index (κ3) is 6.01. The van der Waals surface area contributed by atoms with Crippen molar-refractivity contribution in [3.8, 4) is 5.88 Å². The number of alkyl halides is 3. The van der Waals surface area contributed by atoms with Crippen molar-refractivity contribution in [2.45, 2.75) is 31.9 Å². The van der Waals surface area contributed by atoms with E-state index >= 15 is 0 Å². The van der Waals surface area contributed by atoms with Crippen LogP contribution in [0.2, 0.25) is 0 Å². The molecule has 148 valence electrons. The summed E-state index contributed by atoms with van der Waals surface area (Å²) in [5, 5.41) is 11.8. The van der Waals surface area contributed by atoms with Crippen molar-refractivity contribution in [1.29, 1.82) is 0 Å². The number of hydrogen-bond donors (Lipinski definition) is 2. The quantitative estimate of drug-likeness (QED) is 0.676. The molecule has 2 N–H and O–H groups in total. The van der Waals surface area contributed by atoms with Gasteiger partial charge in [0.25, 0.3) is 0 Å². The van der Waals surface area contributed by atoms with Crippen LogP contribution in [-0.4, -0.2) is 35.9 Å². The summed E-state index contributed by atoms with van der Waals surface area (Å²) in [7, 11) is 1.48. The Balaban J connectivity index is 2.02. The minimum Gasteiger partial charge on any atom is -0.481 e. The summed E-state index contributed by atoms with van der Waals surface area (Å²) in [4.78, 5) is 15.0. The number of aromatic nitrogens is 1. The average Bonchev–Trinajstić information content (AvgIpc) is 2.63. The normalized spacial score (nSPS) is 20.4. The topological polar surface area (TPSA) is 71.5 Å². The van der Waals surface area contributed by atoms with Crippen molar-refractivity contribution >= 4 is 17.7 Å². The predicted octanol–water partition coefficient (Wildman–Crippen LogP) is 4.52. The molecule has 8 heteroatoms. The maximum absolute atomic E-state index is 12.7. The summed E-state index contributed by atoms with van der Waals surface area (Å²) < 4.78 is 43.5. The van der Waals surface area contributed by atoms with E-state index in [1.54, 1.807) is 12.1 Å². The first-order chi connectivity index (χ1) is 12.7. The number of ether oxygens (including phenoxy) is 1. The van der Waals surface area contributed by atoms with Crippen molar-refractivity contribution in [3.63, 3.8) is 0 Å². The third-order valence-corrected chi connectivity index (χ3v) is 4.66. The van der Waals surface area contributed by atoms with Gasteiger partial charge in [0.1, 0.15) is 0 Å². The van der Waals surface area contributed by atoms with E-state index in [0.717, 1.165) is 0 Å². The van der Waals surface area contributed by atoms with Crippen LogP contribution in [0.25, 0.3) is 6.08 Å². The molecular weight excluding hydrogens is 361 g/mol. The van der Waals surface area contributed by atoms with E-state index < -0.39 is 18.1 Å². The first kappa shape index (κ1) is 20.8. The third-order valence-electron chi connectivity index (χ3n) is 4.66. The molecule has 5 nitrogen and oxygen atoms in total. The van der Waals surface area contributed by atoms with Crippen molar-refractivity contribution in [3.05, 3.63) is 36.1 Å². The minimum absolute atomic E-state index is 0.0179. The minimum atomic E-state index is -4.11. The Kier molecular flexibility index (Phi) is 6.87. The molecule has 2 rings (SSSR count). The maximum Gasteiger partial charge on any atom is 0.391 e. The number of nitrogens with one attached hydrogen (secondary N) is 1. The lowest BCUT2D eigenvalue weighted by Crippen LogP contribution is -2.27. The molecule has 0 aliphatic heterocycles. The number of allylic oxidation sites excluding steroid dienone is 1. The Bertz CT molecular complexity index is 709. The molecule has 0 unspecified atom stereocenters. The van der Waals surface area contributed by atoms with Crippen LogP contribution >= 0.6 is 0 Å². The molecule has 1 fully saturated rings. The number of rotatable bonds is 7. The SMILES string of the molecule is C=C(CNc1cnc(OC)c(C=CC2CCC(C(F)(F)F)CC2)c1)C(=O)O. The molecule has 0 spiro atoms. The largest absolute Gasteiger partial charge is 0.481 e. The Hall–Kier alpha value is -2.51. The van der Waals surface area contributed by atoms with Crippen LogP contribution in [0.5, 0.6) is 5.88 Å². The highest BCUT2D eigenvalue weighted by Gasteiger charge is 2.40. The Morgan fingerprint density at radius 2 is 2.07 bits per heavy atom. The summed E-state index contributed by atoms with van der Waals surface area (Å²) in [6.07, 6.45) is 2.37. The van der Waals surface area contributed by atoms with E-state index in [1.165, 1.54) is 13.3 Å². The van der Waals surface area contributed by atoms with Crippen molar-refractivity contribution in [2.75, 3.05) is 19.0 Å². The van der Waals surface area contributed by atoms with E-state index in [9.17, 15) is 18.0 Å². The van der Waals surface area contributed by atoms with Gasteiger partial charge in [0, 0.05) is 17.7 Å². The van der Waals surface area contributed by atoms with Crippen molar-refractivity contribution < 1.29 is 27.8 Å². The fourth-order valence-corrected chi connectivity index (χ4v) is 3.02. The van der Waals surface area contributed by atoms with Gasteiger partial charge in [-0.25, -0.2) is 9.78 Å². The maximum atomic E-state index is 12.7. The number of carboxylic acid groups (broad SMARTS) is 1. The number of aliphatic carboxylic acids is 1. The predicted molar refractivity (Wildman–Crippen MR) is 96.6 cm³/mol. The molecule has 1 saturated carbocycles. The standard InChI is InChI=1S/C19H23F3N2O3/c1-12(18(25)26)10-23-16-9-14(17(27-2)24-11-16)6-3-13-4-7-15(8-5-13)19(20,21)22/h3,6,9,11,13,15,23H,1,4-5,7-8,10H2,2H3,(H,25,26). The van der Waals surface area contributed by atoms with Crippen molar-refractivity contribution in [2.24, 2.45) is 11.8 Å². The zero-order valence-corrected chi connectivity index (χ0v) is 15.1. The second-order valence-corrected chi connectivity index (χ2v) is 6.60. The zero-order chi connectivity index (χ0) is 20.0. The number of carbonyl (C=O) groups is 1. The summed E-state index contributed by atoms with van der Waals surface area (Å²) in [5.74, 6) is -1.82. The summed E-state index contributed by atoms with van der Waals surface area (Å²) >= 11 is 0. The van der Waals surface area contributed by atoms with Gasteiger partial charge in [-0.15, -0.1) is 0 Å². The van der Waals surface area contributed by atoms with E-state index in [-0.39, 0.29) is 30.9 Å². The highest BCUT2D eigenvalue weighted by molar-refractivity contribution is 5.86. The number of anilines is 1. The molecule has 0 amide bonds. The average molecular weight is 384 g/mol. The van der Waals surface area contributed by atoms with Gasteiger partial charge >= 0.3 is 12.1 Å². The number of methoxy groups -OCH3 is 1. The van der Waals surface area contributed by atoms with Gasteiger partial charge in [-0.3, -0.25) is 0 Å². The van der Waals surface area contributed by atoms with Crippen LogP contribution in [0.1, 0.15) is 31.2 Å². The van der Waals surface area contributed by atoms with Gasteiger partial charge in [0.05, 0.1) is 24.9 Å². The highest BCUT2D eigenvalue weighted by atomic mass is 19.4. The molecule has 1 aromatic heterocycles. The molecule has 0 atom stereocenters. The van der Waals surface area contributed by atoms with Gasteiger partial charge in [0.2, 0.25) is 5.88 Å². The molecule has 0 saturated heterocycles. The van der Waals surface area contributed by atoms with Crippen LogP contribution < -0.4 is 10.1 Å². The fourth-order valence-electron chi connectivity index (χ4n) is 3.02. The van der Waals surface area contributed by atoms with Crippen LogP contribution in [0.3, 0.4) is 0 Å². The Morgan fingerprint density at radius 1 is 1.41 bits per heavy atom. The van der Waals surface area contributed by atoms with Gasteiger partial charge in [-0.2, -0.15) is 13.2 Å². The number of halogens is 3. The lowest BCUT2D eigenvalue weighted by atomic mass is 9.81. The van der Waals surface area contributed by atoms with Gasteiger partial charge in [-0.05, 0) is 37.7 Å². The van der Waals surface area contributed by atoms with Crippen LogP contribution in [0.4, 0.5) is 18.9 Å². The molecule has 1 aliphatic carbocycles. The molecule has 1 aliphatic rings. The van der Waals surface area contributed by atoms with E-state index in [0.29, 0.717) is 30.0 Å². The highest BCUT2D eigenvalue weighted by Crippen LogP contribution is 2.40. The Morgan fingerprint density at radius 3 is 2.63 bits per heavy atom. The monoisotopic (exact) mass is 384 g/mol. The first-order valence-corrected chi connectivity index (χ1v) is 8.64. The molecule has 0 bridgehead atoms. The number of nitrogens with zero attached hydrogens (tertiary/aromatic N) is 1. The van der Waals surface area contributed by atoms with Crippen molar-refractivity contribution in [1.82, 2.24) is 4.98 Å². The molecule has 0 radical (unpaired) electrons. The second kappa shape index (κ2) is 8.92. The van der Waals surface area contributed by atoms with Gasteiger partial charge < -0.3 is 15.2 Å². The lowest BCUT2D eigenvalue weighted by molar-refractivity contribution is -0.183. The van der Waals surface area contributed by atoms with E-state index in [4.69, 9.17) is 9.84 Å². The molecule has 1 heterocycles. The molecule has 27 heavy (non-hydrogen) atoms. The first-order valence-electron chi connectivity index (χ1n) is 8.64. The number of pyridine rings is 1. The fraction of sp³-hybridized carbons (Fsp3) is 0.474. The van der Waals surface area contributed by atoms with Crippen LogP contribution in [0, 0.1) is 11.8 Å².